The lowest BCUT2D eigenvalue weighted by molar-refractivity contribution is 0.0699. The number of methoxy groups -OCH3 is 1. The minimum Gasteiger partial charge on any atom is -0.496 e. The van der Waals surface area contributed by atoms with Gasteiger partial charge in [0.25, 0.3) is 0 Å². The quantitative estimate of drug-likeness (QED) is 0.798. The highest BCUT2D eigenvalue weighted by molar-refractivity contribution is 6.02. The maximum Gasteiger partial charge on any atom is 0.336 e. The van der Waals surface area contributed by atoms with Crippen LogP contribution in [0.25, 0.3) is 22.3 Å². The summed E-state index contributed by atoms with van der Waals surface area (Å²) in [5.74, 6) is -0.366. The molecule has 0 bridgehead atoms. The van der Waals surface area contributed by atoms with E-state index in [0.29, 0.717) is 22.5 Å². The molecule has 0 radical (unpaired) electrons. The van der Waals surface area contributed by atoms with Crippen LogP contribution < -0.4 is 4.74 Å². The maximum atomic E-state index is 11.5. The Hall–Kier alpha value is -2.89. The minimum absolute atomic E-state index is 0.175. The molecule has 106 valence electrons. The van der Waals surface area contributed by atoms with E-state index in [1.807, 2.05) is 24.3 Å². The molecule has 0 aliphatic rings. The van der Waals surface area contributed by atoms with Gasteiger partial charge in [0.2, 0.25) is 0 Å². The molecule has 2 heterocycles. The van der Waals surface area contributed by atoms with Crippen molar-refractivity contribution in [3.63, 3.8) is 0 Å². The van der Waals surface area contributed by atoms with E-state index in [-0.39, 0.29) is 5.56 Å². The van der Waals surface area contributed by atoms with Crippen molar-refractivity contribution in [2.75, 3.05) is 7.11 Å². The second-order valence-electron chi connectivity index (χ2n) is 4.57. The monoisotopic (exact) mass is 283 g/mol. The number of carbonyl (C=O) groups is 1. The molecule has 1 N–H and O–H groups in total. The van der Waals surface area contributed by atoms with Crippen LogP contribution in [-0.2, 0) is 7.05 Å². The average Bonchev–Trinajstić information content (AvgIpc) is 2.87. The van der Waals surface area contributed by atoms with E-state index in [1.54, 1.807) is 24.9 Å². The minimum atomic E-state index is -1.01. The first-order chi connectivity index (χ1) is 10.1. The number of ether oxygens (including phenoxy) is 1. The van der Waals surface area contributed by atoms with Crippen molar-refractivity contribution >= 4 is 17.0 Å². The zero-order valence-electron chi connectivity index (χ0n) is 11.6. The molecule has 21 heavy (non-hydrogen) atoms. The fourth-order valence-corrected chi connectivity index (χ4v) is 2.29. The van der Waals surface area contributed by atoms with E-state index < -0.39 is 5.97 Å². The van der Waals surface area contributed by atoms with Crippen LogP contribution in [-0.4, -0.2) is 33.0 Å². The summed E-state index contributed by atoms with van der Waals surface area (Å²) in [5, 5.41) is 14.0. The summed E-state index contributed by atoms with van der Waals surface area (Å²) < 4.78 is 6.87. The molecule has 0 atom stereocenters. The molecular weight excluding hydrogens is 270 g/mol. The average molecular weight is 283 g/mol. The lowest BCUT2D eigenvalue weighted by Gasteiger charge is -2.09. The van der Waals surface area contributed by atoms with Crippen molar-refractivity contribution in [1.82, 2.24) is 14.8 Å². The molecular formula is C15H13N3O3. The molecule has 0 aliphatic heterocycles. The van der Waals surface area contributed by atoms with Crippen molar-refractivity contribution in [3.8, 4) is 17.0 Å². The van der Waals surface area contributed by atoms with Gasteiger partial charge in [0.15, 0.2) is 5.65 Å². The van der Waals surface area contributed by atoms with Gasteiger partial charge in [0.1, 0.15) is 5.75 Å². The van der Waals surface area contributed by atoms with Gasteiger partial charge in [0, 0.05) is 12.6 Å². The number of aromatic carboxylic acids is 1. The number of carboxylic acids is 1. The van der Waals surface area contributed by atoms with Crippen LogP contribution in [0, 0.1) is 0 Å². The molecule has 0 saturated heterocycles. The number of aryl methyl sites for hydroxylation is 1. The third kappa shape index (κ3) is 2.10. The number of nitrogens with zero attached hydrogens (tertiary/aromatic N) is 3. The zero-order valence-corrected chi connectivity index (χ0v) is 11.6. The molecule has 0 saturated carbocycles. The highest BCUT2D eigenvalue weighted by atomic mass is 16.5. The molecule has 0 spiro atoms. The molecule has 3 rings (SSSR count). The largest absolute Gasteiger partial charge is 0.496 e. The normalized spacial score (nSPS) is 10.8. The van der Waals surface area contributed by atoms with Crippen molar-refractivity contribution in [2.24, 2.45) is 7.05 Å². The summed E-state index contributed by atoms with van der Waals surface area (Å²) in [7, 11) is 3.30. The van der Waals surface area contributed by atoms with E-state index in [1.165, 1.54) is 6.20 Å². The number of benzene rings is 1. The Kier molecular flexibility index (Phi) is 3.06. The number of carboxylic acid groups (broad SMARTS) is 1. The third-order valence-corrected chi connectivity index (χ3v) is 3.32. The van der Waals surface area contributed by atoms with E-state index >= 15 is 0 Å². The van der Waals surface area contributed by atoms with Crippen LogP contribution in [0.3, 0.4) is 0 Å². The Balaban J connectivity index is 2.33. The Morgan fingerprint density at radius 3 is 2.81 bits per heavy atom. The van der Waals surface area contributed by atoms with Crippen LogP contribution in [0.5, 0.6) is 5.75 Å². The second-order valence-corrected chi connectivity index (χ2v) is 4.57. The summed E-state index contributed by atoms with van der Waals surface area (Å²) in [6.07, 6.45) is 1.51. The summed E-state index contributed by atoms with van der Waals surface area (Å²) >= 11 is 0. The number of para-hydroxylation sites is 1. The Labute approximate surface area is 120 Å². The summed E-state index contributed by atoms with van der Waals surface area (Å²) in [5.41, 5.74) is 1.98. The predicted octanol–water partition coefficient (Wildman–Crippen LogP) is 2.34. The van der Waals surface area contributed by atoms with Crippen molar-refractivity contribution in [3.05, 3.63) is 42.1 Å². The topological polar surface area (TPSA) is 77.2 Å². The summed E-state index contributed by atoms with van der Waals surface area (Å²) in [4.78, 5) is 16.0. The first-order valence-corrected chi connectivity index (χ1v) is 6.31. The van der Waals surface area contributed by atoms with Crippen molar-refractivity contribution in [1.29, 1.82) is 0 Å². The maximum absolute atomic E-state index is 11.5. The van der Waals surface area contributed by atoms with Crippen LogP contribution in [0.1, 0.15) is 10.4 Å². The first kappa shape index (κ1) is 13.1. The van der Waals surface area contributed by atoms with Gasteiger partial charge in [-0.05, 0) is 18.2 Å². The second kappa shape index (κ2) is 4.90. The smallest absolute Gasteiger partial charge is 0.336 e. The van der Waals surface area contributed by atoms with Crippen molar-refractivity contribution < 1.29 is 14.6 Å². The van der Waals surface area contributed by atoms with E-state index in [0.717, 1.165) is 5.56 Å². The van der Waals surface area contributed by atoms with E-state index in [9.17, 15) is 9.90 Å². The van der Waals surface area contributed by atoms with Crippen LogP contribution in [0.15, 0.2) is 36.5 Å². The Morgan fingerprint density at radius 2 is 2.10 bits per heavy atom. The standard InChI is InChI=1S/C15H13N3O3/c1-18-14-11(8-16-18)10(15(19)20)7-12(17-14)9-5-3-4-6-13(9)21-2/h3-8H,1-2H3,(H,19,20). The number of fused-ring (bicyclic) bond motifs is 1. The Bertz CT molecular complexity index is 839. The van der Waals surface area contributed by atoms with Crippen LogP contribution in [0.4, 0.5) is 0 Å². The Morgan fingerprint density at radius 1 is 1.33 bits per heavy atom. The van der Waals surface area contributed by atoms with Crippen LogP contribution in [0.2, 0.25) is 0 Å². The molecule has 0 amide bonds. The molecule has 1 aromatic carbocycles. The number of pyridine rings is 1. The highest BCUT2D eigenvalue weighted by Gasteiger charge is 2.17. The van der Waals surface area contributed by atoms with Gasteiger partial charge >= 0.3 is 5.97 Å². The predicted molar refractivity (Wildman–Crippen MR) is 77.5 cm³/mol. The lowest BCUT2D eigenvalue weighted by atomic mass is 10.1. The lowest BCUT2D eigenvalue weighted by Crippen LogP contribution is -2.01. The summed E-state index contributed by atoms with van der Waals surface area (Å²) in [6, 6.07) is 8.90. The molecule has 6 heteroatoms. The van der Waals surface area contributed by atoms with Crippen LogP contribution >= 0.6 is 0 Å². The number of hydrogen-bond donors (Lipinski definition) is 1. The van der Waals surface area contributed by atoms with Crippen molar-refractivity contribution in [2.45, 2.75) is 0 Å². The van der Waals surface area contributed by atoms with Gasteiger partial charge < -0.3 is 9.84 Å². The molecule has 3 aromatic rings. The van der Waals surface area contributed by atoms with E-state index in [2.05, 4.69) is 10.1 Å². The molecule has 0 unspecified atom stereocenters. The molecule has 2 aromatic heterocycles. The number of hydrogen-bond acceptors (Lipinski definition) is 4. The van der Waals surface area contributed by atoms with Gasteiger partial charge in [-0.25, -0.2) is 9.78 Å². The SMILES string of the molecule is COc1ccccc1-c1cc(C(=O)O)c2cnn(C)c2n1. The summed E-state index contributed by atoms with van der Waals surface area (Å²) in [6.45, 7) is 0. The molecule has 0 fully saturated rings. The van der Waals surface area contributed by atoms with Gasteiger partial charge in [-0.3, -0.25) is 4.68 Å². The zero-order chi connectivity index (χ0) is 15.0. The number of rotatable bonds is 3. The first-order valence-electron chi connectivity index (χ1n) is 6.31. The van der Waals surface area contributed by atoms with Gasteiger partial charge in [-0.15, -0.1) is 0 Å². The fraction of sp³-hybridized carbons (Fsp3) is 0.133. The third-order valence-electron chi connectivity index (χ3n) is 3.32. The van der Waals surface area contributed by atoms with Gasteiger partial charge in [-0.1, -0.05) is 12.1 Å². The van der Waals surface area contributed by atoms with Gasteiger partial charge in [0.05, 0.1) is 30.0 Å². The molecule has 0 aliphatic carbocycles. The molecule has 6 nitrogen and oxygen atoms in total. The van der Waals surface area contributed by atoms with E-state index in [4.69, 9.17) is 4.74 Å². The number of aromatic nitrogens is 3. The highest BCUT2D eigenvalue weighted by Crippen LogP contribution is 2.31. The fourth-order valence-electron chi connectivity index (χ4n) is 2.29. The van der Waals surface area contributed by atoms with Gasteiger partial charge in [-0.2, -0.15) is 5.10 Å².